The lowest BCUT2D eigenvalue weighted by molar-refractivity contribution is 0.0905. The number of rotatable bonds is 6. The van der Waals surface area contributed by atoms with Crippen LogP contribution in [0.15, 0.2) is 17.0 Å². The molecule has 0 bridgehead atoms. The minimum absolute atomic E-state index is 0.0260. The van der Waals surface area contributed by atoms with Crippen LogP contribution < -0.4 is 10.0 Å². The van der Waals surface area contributed by atoms with Gasteiger partial charge in [0.25, 0.3) is 5.91 Å². The molecule has 1 fully saturated rings. The molecule has 0 radical (unpaired) electrons. The fraction of sp³-hybridized carbons (Fsp3) is 0.611. The van der Waals surface area contributed by atoms with E-state index in [9.17, 15) is 13.2 Å². The zero-order chi connectivity index (χ0) is 20.4. The van der Waals surface area contributed by atoms with Gasteiger partial charge >= 0.3 is 0 Å². The number of amides is 1. The monoisotopic (exact) mass is 435 g/mol. The molecule has 2 N–H and O–H groups in total. The number of halogens is 2. The molecule has 0 unspecified atom stereocenters. The van der Waals surface area contributed by atoms with Gasteiger partial charge in [0.15, 0.2) is 0 Å². The quantitative estimate of drug-likeness (QED) is 0.719. The van der Waals surface area contributed by atoms with Crippen LogP contribution in [0, 0.1) is 11.8 Å². The Bertz CT molecular complexity index is 791. The lowest BCUT2D eigenvalue weighted by atomic mass is 9.92. The van der Waals surface area contributed by atoms with Gasteiger partial charge in [-0.1, -0.05) is 37.0 Å². The molecule has 0 aromatic heterocycles. The normalized spacial score (nSPS) is 22.4. The highest BCUT2D eigenvalue weighted by Gasteiger charge is 2.26. The average Bonchev–Trinajstić information content (AvgIpc) is 2.53. The van der Waals surface area contributed by atoms with Crippen molar-refractivity contribution in [2.45, 2.75) is 38.1 Å². The molecule has 2 rings (SSSR count). The number of carbonyl (C=O) groups is 1. The van der Waals surface area contributed by atoms with Gasteiger partial charge in [-0.3, -0.25) is 4.79 Å². The van der Waals surface area contributed by atoms with Crippen LogP contribution in [0.3, 0.4) is 0 Å². The van der Waals surface area contributed by atoms with Gasteiger partial charge in [0.1, 0.15) is 4.90 Å². The molecule has 0 saturated carbocycles. The van der Waals surface area contributed by atoms with Crippen LogP contribution in [-0.4, -0.2) is 51.9 Å². The van der Waals surface area contributed by atoms with Crippen molar-refractivity contribution in [3.05, 3.63) is 27.7 Å². The Balaban J connectivity index is 2.14. The number of benzene rings is 1. The minimum atomic E-state index is -3.79. The molecule has 1 aliphatic rings. The standard InChI is InChI=1S/C18H27Cl2N3O3S/c1-11-7-12(2)9-23(8-11)10-13(3)22-18(24)16-14(19)5-6-15(17(16)20)27(25,26)21-4/h5-6,11-13,21H,7-10H2,1-4H3,(H,22,24)/t11-,12+,13-/m1/s1. The van der Waals surface area contributed by atoms with E-state index in [1.807, 2.05) is 6.92 Å². The molecule has 0 spiro atoms. The molecular formula is C18H27Cl2N3O3S. The highest BCUT2D eigenvalue weighted by atomic mass is 35.5. The third-order valence-electron chi connectivity index (χ3n) is 4.70. The van der Waals surface area contributed by atoms with Crippen molar-refractivity contribution in [1.82, 2.24) is 14.9 Å². The second-order valence-corrected chi connectivity index (χ2v) is 10.1. The largest absolute Gasteiger partial charge is 0.348 e. The molecule has 1 amide bonds. The molecule has 27 heavy (non-hydrogen) atoms. The summed E-state index contributed by atoms with van der Waals surface area (Å²) in [5, 5.41) is 2.82. The Hall–Kier alpha value is -0.860. The van der Waals surface area contributed by atoms with Crippen molar-refractivity contribution in [2.75, 3.05) is 26.7 Å². The van der Waals surface area contributed by atoms with Gasteiger partial charge in [-0.15, -0.1) is 0 Å². The fourth-order valence-corrected chi connectivity index (χ4v) is 5.38. The molecule has 1 aromatic carbocycles. The maximum absolute atomic E-state index is 12.7. The average molecular weight is 436 g/mol. The molecule has 1 saturated heterocycles. The summed E-state index contributed by atoms with van der Waals surface area (Å²) >= 11 is 12.3. The van der Waals surface area contributed by atoms with Gasteiger partial charge < -0.3 is 10.2 Å². The van der Waals surface area contributed by atoms with Crippen molar-refractivity contribution in [3.63, 3.8) is 0 Å². The number of nitrogens with zero attached hydrogens (tertiary/aromatic N) is 1. The van der Waals surface area contributed by atoms with Gasteiger partial charge in [-0.05, 0) is 44.4 Å². The SMILES string of the molecule is CNS(=O)(=O)c1ccc(Cl)c(C(=O)N[C@H](C)CN2C[C@H](C)C[C@H](C)C2)c1Cl. The number of nitrogens with one attached hydrogen (secondary N) is 2. The number of piperidine rings is 1. The molecule has 1 aliphatic heterocycles. The maximum Gasteiger partial charge on any atom is 0.254 e. The summed E-state index contributed by atoms with van der Waals surface area (Å²) in [7, 11) is -2.51. The van der Waals surface area contributed by atoms with Crippen LogP contribution in [-0.2, 0) is 10.0 Å². The Morgan fingerprint density at radius 3 is 2.41 bits per heavy atom. The van der Waals surface area contributed by atoms with Crippen LogP contribution in [0.25, 0.3) is 0 Å². The van der Waals surface area contributed by atoms with E-state index in [0.29, 0.717) is 18.4 Å². The predicted octanol–water partition coefficient (Wildman–Crippen LogP) is 3.00. The van der Waals surface area contributed by atoms with Gasteiger partial charge in [-0.2, -0.15) is 0 Å². The number of likely N-dealkylation sites (tertiary alicyclic amines) is 1. The molecular weight excluding hydrogens is 409 g/mol. The van der Waals surface area contributed by atoms with Gasteiger partial charge in [0, 0.05) is 25.7 Å². The number of hydrogen-bond acceptors (Lipinski definition) is 4. The van der Waals surface area contributed by atoms with Crippen molar-refractivity contribution in [2.24, 2.45) is 11.8 Å². The van der Waals surface area contributed by atoms with E-state index in [4.69, 9.17) is 23.2 Å². The van der Waals surface area contributed by atoms with Crippen LogP contribution in [0.5, 0.6) is 0 Å². The van der Waals surface area contributed by atoms with Gasteiger partial charge in [0.05, 0.1) is 15.6 Å². The lowest BCUT2D eigenvalue weighted by Gasteiger charge is -2.36. The number of sulfonamides is 1. The molecule has 9 heteroatoms. The highest BCUT2D eigenvalue weighted by molar-refractivity contribution is 7.89. The summed E-state index contributed by atoms with van der Waals surface area (Å²) < 4.78 is 26.3. The van der Waals surface area contributed by atoms with E-state index in [-0.39, 0.29) is 26.5 Å². The van der Waals surface area contributed by atoms with Crippen molar-refractivity contribution < 1.29 is 13.2 Å². The smallest absolute Gasteiger partial charge is 0.254 e. The van der Waals surface area contributed by atoms with E-state index < -0.39 is 15.9 Å². The number of carbonyl (C=O) groups excluding carboxylic acids is 1. The number of hydrogen-bond donors (Lipinski definition) is 2. The maximum atomic E-state index is 12.7. The van der Waals surface area contributed by atoms with E-state index >= 15 is 0 Å². The Morgan fingerprint density at radius 1 is 1.26 bits per heavy atom. The summed E-state index contributed by atoms with van der Waals surface area (Å²) in [6.07, 6.45) is 1.22. The van der Waals surface area contributed by atoms with E-state index in [0.717, 1.165) is 13.1 Å². The van der Waals surface area contributed by atoms with E-state index in [2.05, 4.69) is 28.8 Å². The first-order valence-electron chi connectivity index (χ1n) is 9.00. The fourth-order valence-electron chi connectivity index (χ4n) is 3.73. The molecule has 0 aliphatic carbocycles. The van der Waals surface area contributed by atoms with E-state index in [1.54, 1.807) is 0 Å². The van der Waals surface area contributed by atoms with Crippen LogP contribution in [0.4, 0.5) is 0 Å². The summed E-state index contributed by atoms with van der Waals surface area (Å²) in [5.41, 5.74) is -0.0260. The van der Waals surface area contributed by atoms with Gasteiger partial charge in [0.2, 0.25) is 10.0 Å². The zero-order valence-electron chi connectivity index (χ0n) is 16.1. The Labute approximate surface area is 171 Å². The van der Waals surface area contributed by atoms with Crippen molar-refractivity contribution >= 4 is 39.1 Å². The minimum Gasteiger partial charge on any atom is -0.348 e. The molecule has 3 atom stereocenters. The summed E-state index contributed by atoms with van der Waals surface area (Å²) in [6.45, 7) is 9.10. The topological polar surface area (TPSA) is 78.5 Å². The summed E-state index contributed by atoms with van der Waals surface area (Å²) in [6, 6.07) is 2.52. The Kier molecular flexibility index (Phi) is 7.55. The highest BCUT2D eigenvalue weighted by Crippen LogP contribution is 2.31. The van der Waals surface area contributed by atoms with Crippen molar-refractivity contribution in [3.8, 4) is 0 Å². The molecule has 1 heterocycles. The van der Waals surface area contributed by atoms with Crippen molar-refractivity contribution in [1.29, 1.82) is 0 Å². The first-order valence-corrected chi connectivity index (χ1v) is 11.2. The molecule has 6 nitrogen and oxygen atoms in total. The third kappa shape index (κ3) is 5.57. The van der Waals surface area contributed by atoms with E-state index in [1.165, 1.54) is 25.6 Å². The second kappa shape index (κ2) is 9.09. The van der Waals surface area contributed by atoms with Crippen LogP contribution in [0.1, 0.15) is 37.6 Å². The summed E-state index contributed by atoms with van der Waals surface area (Å²) in [5.74, 6) is 0.775. The lowest BCUT2D eigenvalue weighted by Crippen LogP contribution is -2.47. The zero-order valence-corrected chi connectivity index (χ0v) is 18.4. The third-order valence-corrected chi connectivity index (χ3v) is 6.97. The van der Waals surface area contributed by atoms with Crippen LogP contribution >= 0.6 is 23.2 Å². The van der Waals surface area contributed by atoms with Crippen LogP contribution in [0.2, 0.25) is 10.0 Å². The molecule has 1 aromatic rings. The van der Waals surface area contributed by atoms with Gasteiger partial charge in [-0.25, -0.2) is 13.1 Å². The summed E-state index contributed by atoms with van der Waals surface area (Å²) in [4.78, 5) is 14.9. The Morgan fingerprint density at radius 2 is 1.85 bits per heavy atom. The first-order chi connectivity index (χ1) is 12.5. The molecule has 152 valence electrons. The second-order valence-electron chi connectivity index (χ2n) is 7.48. The first kappa shape index (κ1) is 22.4. The predicted molar refractivity (Wildman–Crippen MR) is 109 cm³/mol.